The minimum atomic E-state index is -0.350. The number of aromatic nitrogens is 2. The molecule has 1 fully saturated rings. The van der Waals surface area contributed by atoms with Gasteiger partial charge in [-0.3, -0.25) is 4.68 Å². The number of aryl methyl sites for hydroxylation is 1. The molecule has 0 radical (unpaired) electrons. The molecular formula is C17H23BN2O2. The smallest absolute Gasteiger partial charge is 0.399 e. The van der Waals surface area contributed by atoms with E-state index in [1.807, 2.05) is 17.1 Å². The van der Waals surface area contributed by atoms with Crippen molar-refractivity contribution in [3.8, 4) is 0 Å². The van der Waals surface area contributed by atoms with E-state index in [4.69, 9.17) is 9.31 Å². The van der Waals surface area contributed by atoms with E-state index in [1.165, 1.54) is 11.1 Å². The number of benzene rings is 1. The molecule has 116 valence electrons. The normalized spacial score (nSPS) is 19.6. The first kappa shape index (κ1) is 15.3. The van der Waals surface area contributed by atoms with Crippen molar-refractivity contribution in [3.05, 3.63) is 47.8 Å². The van der Waals surface area contributed by atoms with Crippen molar-refractivity contribution in [2.75, 3.05) is 0 Å². The van der Waals surface area contributed by atoms with Gasteiger partial charge in [0, 0.05) is 17.9 Å². The summed E-state index contributed by atoms with van der Waals surface area (Å²) in [6.45, 7) is 11.1. The third-order valence-corrected chi connectivity index (χ3v) is 4.64. The summed E-state index contributed by atoms with van der Waals surface area (Å²) >= 11 is 0. The number of rotatable bonds is 3. The molecule has 2 aromatic rings. The summed E-state index contributed by atoms with van der Waals surface area (Å²) in [6.07, 6.45) is 3.83. The SMILES string of the molecule is Cc1ccc(Cn2cc(B3OC(C)(C)C(C)(C)O3)cn2)cc1. The van der Waals surface area contributed by atoms with Gasteiger partial charge in [-0.25, -0.2) is 0 Å². The average molecular weight is 298 g/mol. The van der Waals surface area contributed by atoms with Crippen molar-refractivity contribution >= 4 is 12.6 Å². The molecule has 0 atom stereocenters. The van der Waals surface area contributed by atoms with E-state index in [9.17, 15) is 0 Å². The van der Waals surface area contributed by atoms with Crippen LogP contribution in [0.4, 0.5) is 0 Å². The highest BCUT2D eigenvalue weighted by Gasteiger charge is 2.52. The Morgan fingerprint density at radius 2 is 1.64 bits per heavy atom. The van der Waals surface area contributed by atoms with Gasteiger partial charge in [0.2, 0.25) is 0 Å². The lowest BCUT2D eigenvalue weighted by Crippen LogP contribution is -2.41. The van der Waals surface area contributed by atoms with Crippen LogP contribution in [0.15, 0.2) is 36.7 Å². The lowest BCUT2D eigenvalue weighted by Gasteiger charge is -2.32. The minimum Gasteiger partial charge on any atom is -0.399 e. The second-order valence-electron chi connectivity index (χ2n) is 7.05. The number of hydrogen-bond donors (Lipinski definition) is 0. The van der Waals surface area contributed by atoms with Gasteiger partial charge in [-0.15, -0.1) is 0 Å². The Labute approximate surface area is 132 Å². The van der Waals surface area contributed by atoms with Crippen molar-refractivity contribution in [1.82, 2.24) is 9.78 Å². The minimum absolute atomic E-state index is 0.323. The monoisotopic (exact) mass is 298 g/mol. The Morgan fingerprint density at radius 3 is 2.23 bits per heavy atom. The first-order chi connectivity index (χ1) is 10.3. The largest absolute Gasteiger partial charge is 0.498 e. The molecule has 3 rings (SSSR count). The number of hydrogen-bond acceptors (Lipinski definition) is 3. The molecule has 1 aromatic carbocycles. The molecule has 4 nitrogen and oxygen atoms in total. The van der Waals surface area contributed by atoms with Crippen LogP contribution >= 0.6 is 0 Å². The Hall–Kier alpha value is -1.59. The zero-order valence-electron chi connectivity index (χ0n) is 14.0. The second kappa shape index (κ2) is 5.25. The van der Waals surface area contributed by atoms with Crippen LogP contribution in [-0.4, -0.2) is 28.1 Å². The van der Waals surface area contributed by atoms with Crippen LogP contribution in [0.2, 0.25) is 0 Å². The molecule has 1 saturated heterocycles. The van der Waals surface area contributed by atoms with Crippen molar-refractivity contribution in [3.63, 3.8) is 0 Å². The van der Waals surface area contributed by atoms with Gasteiger partial charge < -0.3 is 9.31 Å². The fourth-order valence-electron chi connectivity index (χ4n) is 2.45. The molecule has 2 heterocycles. The molecular weight excluding hydrogens is 275 g/mol. The summed E-state index contributed by atoms with van der Waals surface area (Å²) < 4.78 is 14.0. The van der Waals surface area contributed by atoms with Crippen molar-refractivity contribution < 1.29 is 9.31 Å². The van der Waals surface area contributed by atoms with Gasteiger partial charge >= 0.3 is 7.12 Å². The van der Waals surface area contributed by atoms with Gasteiger partial charge in [0.1, 0.15) is 0 Å². The Bertz CT molecular complexity index is 646. The highest BCUT2D eigenvalue weighted by Crippen LogP contribution is 2.36. The van der Waals surface area contributed by atoms with Gasteiger partial charge in [-0.05, 0) is 40.2 Å². The molecule has 5 heteroatoms. The summed E-state index contributed by atoms with van der Waals surface area (Å²) in [4.78, 5) is 0. The molecule has 0 N–H and O–H groups in total. The van der Waals surface area contributed by atoms with Crippen LogP contribution in [0.5, 0.6) is 0 Å². The summed E-state index contributed by atoms with van der Waals surface area (Å²) in [6, 6.07) is 8.50. The standard InChI is InChI=1S/C17H23BN2O2/c1-13-6-8-14(9-7-13)11-20-12-15(10-19-20)18-21-16(2,3)17(4,5)22-18/h6-10,12H,11H2,1-5H3. The van der Waals surface area contributed by atoms with Crippen LogP contribution < -0.4 is 5.46 Å². The molecule has 1 aliphatic rings. The van der Waals surface area contributed by atoms with E-state index in [0.29, 0.717) is 0 Å². The molecule has 0 saturated carbocycles. The van der Waals surface area contributed by atoms with Gasteiger partial charge in [0.25, 0.3) is 0 Å². The summed E-state index contributed by atoms with van der Waals surface area (Å²) in [5, 5.41) is 4.43. The zero-order chi connectivity index (χ0) is 16.0. The summed E-state index contributed by atoms with van der Waals surface area (Å²) in [5.41, 5.74) is 2.81. The van der Waals surface area contributed by atoms with Gasteiger partial charge in [-0.2, -0.15) is 5.10 Å². The summed E-state index contributed by atoms with van der Waals surface area (Å²) in [7, 11) is -0.350. The quantitative estimate of drug-likeness (QED) is 0.817. The topological polar surface area (TPSA) is 36.3 Å². The maximum atomic E-state index is 6.05. The molecule has 1 aliphatic heterocycles. The maximum Gasteiger partial charge on any atom is 0.498 e. The van der Waals surface area contributed by atoms with E-state index >= 15 is 0 Å². The zero-order valence-corrected chi connectivity index (χ0v) is 14.0. The van der Waals surface area contributed by atoms with Crippen LogP contribution in [0.3, 0.4) is 0 Å². The Kier molecular flexibility index (Phi) is 3.65. The maximum absolute atomic E-state index is 6.05. The molecule has 0 amide bonds. The van der Waals surface area contributed by atoms with E-state index in [-0.39, 0.29) is 18.3 Å². The van der Waals surface area contributed by atoms with Gasteiger partial charge in [-0.1, -0.05) is 29.8 Å². The molecule has 22 heavy (non-hydrogen) atoms. The van der Waals surface area contributed by atoms with E-state index in [2.05, 4.69) is 64.0 Å². The van der Waals surface area contributed by atoms with E-state index in [0.717, 1.165) is 12.0 Å². The van der Waals surface area contributed by atoms with Crippen LogP contribution in [0.1, 0.15) is 38.8 Å². The summed E-state index contributed by atoms with van der Waals surface area (Å²) in [5.74, 6) is 0. The fourth-order valence-corrected chi connectivity index (χ4v) is 2.45. The van der Waals surface area contributed by atoms with E-state index < -0.39 is 0 Å². The predicted octanol–water partition coefficient (Wildman–Crippen LogP) is 2.54. The highest BCUT2D eigenvalue weighted by molar-refractivity contribution is 6.61. The van der Waals surface area contributed by atoms with Crippen LogP contribution in [-0.2, 0) is 15.9 Å². The van der Waals surface area contributed by atoms with Crippen molar-refractivity contribution in [2.45, 2.75) is 52.4 Å². The fraction of sp³-hybridized carbons (Fsp3) is 0.471. The van der Waals surface area contributed by atoms with Gasteiger partial charge in [0.15, 0.2) is 0 Å². The lowest BCUT2D eigenvalue weighted by atomic mass is 9.82. The molecule has 0 aliphatic carbocycles. The third kappa shape index (κ3) is 2.83. The first-order valence-corrected chi connectivity index (χ1v) is 7.70. The molecule has 0 bridgehead atoms. The number of nitrogens with zero attached hydrogens (tertiary/aromatic N) is 2. The molecule has 1 aromatic heterocycles. The third-order valence-electron chi connectivity index (χ3n) is 4.64. The van der Waals surface area contributed by atoms with Gasteiger partial charge in [0.05, 0.1) is 17.7 Å². The Morgan fingerprint density at radius 1 is 1.05 bits per heavy atom. The molecule has 0 spiro atoms. The van der Waals surface area contributed by atoms with Crippen molar-refractivity contribution in [1.29, 1.82) is 0 Å². The predicted molar refractivity (Wildman–Crippen MR) is 88.2 cm³/mol. The first-order valence-electron chi connectivity index (χ1n) is 7.70. The van der Waals surface area contributed by atoms with Crippen LogP contribution in [0.25, 0.3) is 0 Å². The highest BCUT2D eigenvalue weighted by atomic mass is 16.7. The molecule has 0 unspecified atom stereocenters. The lowest BCUT2D eigenvalue weighted by molar-refractivity contribution is 0.00578. The Balaban J connectivity index is 1.73. The van der Waals surface area contributed by atoms with E-state index in [1.54, 1.807) is 0 Å². The van der Waals surface area contributed by atoms with Crippen molar-refractivity contribution in [2.24, 2.45) is 0 Å². The second-order valence-corrected chi connectivity index (χ2v) is 7.05. The van der Waals surface area contributed by atoms with Crippen LogP contribution in [0, 0.1) is 6.92 Å². The average Bonchev–Trinajstić information content (AvgIpc) is 2.96.